The first-order valence-electron chi connectivity index (χ1n) is 15.6. The number of phenolic OH excluding ortho intramolecular Hbond substituents is 2. The summed E-state index contributed by atoms with van der Waals surface area (Å²) in [5, 5.41) is 29.7. The second-order valence-corrected chi connectivity index (χ2v) is 15.8. The molecule has 0 aliphatic carbocycles. The van der Waals surface area contributed by atoms with Crippen LogP contribution in [0.4, 0.5) is 22.7 Å². The van der Waals surface area contributed by atoms with Gasteiger partial charge >= 0.3 is 0 Å². The fraction of sp³-hybridized carbons (Fsp3) is 0.0588. The number of nitrogen functional groups attached to an aromatic ring is 2. The van der Waals surface area contributed by atoms with Crippen molar-refractivity contribution in [1.82, 2.24) is 0 Å². The molecule has 0 aromatic heterocycles. The standard InChI is InChI=1S/C34H28N6O8S4/c1-49-25-11-15(3-7-21(25)27-23-13-17(35)5-9-19(23)31(41)29(39-37)33(27)51(43,44)45)16-4-8-22(26(12-16)50-2)28-24-14-18(36)6-10-20(24)32(42)30(40-38)34(28)52(46,47)48/h3-14,37-38,41-42H,35-36H2,1-2H3,(H,43,44,45)(H,46,47,48)/b39-37+,40-38+. The summed E-state index contributed by atoms with van der Waals surface area (Å²) in [5.74, 6) is -1.25. The lowest BCUT2D eigenvalue weighted by Gasteiger charge is -2.20. The molecule has 6 aromatic rings. The molecule has 0 radical (unpaired) electrons. The van der Waals surface area contributed by atoms with Gasteiger partial charge in [0.25, 0.3) is 20.2 Å². The van der Waals surface area contributed by atoms with Crippen LogP contribution in [0.2, 0.25) is 2.82 Å². The molecule has 6 rings (SSSR count). The lowest BCUT2D eigenvalue weighted by atomic mass is 9.92. The molecule has 0 fully saturated rings. The molecule has 0 aliphatic heterocycles. The number of rotatable bonds is 9. The fourth-order valence-corrected chi connectivity index (χ4v) is 9.27. The summed E-state index contributed by atoms with van der Waals surface area (Å²) >= 11 is 2.50. The average molecular weight is 777 g/mol. The number of thioether (sulfide) groups is 2. The van der Waals surface area contributed by atoms with E-state index in [-0.39, 0.29) is 44.0 Å². The van der Waals surface area contributed by atoms with E-state index in [0.717, 1.165) is 0 Å². The number of fused-ring (bicyclic) bond motifs is 2. The third-order valence-electron chi connectivity index (χ3n) is 8.46. The van der Waals surface area contributed by atoms with Gasteiger partial charge in [-0.1, -0.05) is 24.3 Å². The molecule has 0 saturated carbocycles. The van der Waals surface area contributed by atoms with Crippen molar-refractivity contribution in [3.63, 3.8) is 0 Å². The van der Waals surface area contributed by atoms with E-state index in [1.165, 1.54) is 59.9 Å². The SMILES string of the molecule is [H]/N=N/c1c(S(=O)(=O)O)c(-c2ccc(-c3ccc(-c4c(S(=O)(=O)O)c(/N=N/[H])c(O)c5ccc(N)cc45)c(SC)c3)cc2SC)c2cc(N)ccc2c1O. The van der Waals surface area contributed by atoms with Crippen LogP contribution in [-0.2, 0) is 20.2 Å². The molecule has 52 heavy (non-hydrogen) atoms. The average Bonchev–Trinajstić information content (AvgIpc) is 3.12. The molecule has 0 unspecified atom stereocenters. The fourth-order valence-electron chi connectivity index (χ4n) is 6.28. The van der Waals surface area contributed by atoms with Crippen LogP contribution >= 0.6 is 23.5 Å². The van der Waals surface area contributed by atoms with E-state index in [1.54, 1.807) is 48.9 Å². The molecule has 0 amide bonds. The van der Waals surface area contributed by atoms with E-state index in [1.807, 2.05) is 0 Å². The highest BCUT2D eigenvalue weighted by molar-refractivity contribution is 7.99. The van der Waals surface area contributed by atoms with E-state index in [2.05, 4.69) is 21.3 Å². The van der Waals surface area contributed by atoms with Gasteiger partial charge in [0.05, 0.1) is 0 Å². The summed E-state index contributed by atoms with van der Waals surface area (Å²) in [7, 11) is -10.2. The van der Waals surface area contributed by atoms with Gasteiger partial charge in [-0.05, 0) is 94.1 Å². The van der Waals surface area contributed by atoms with Crippen molar-refractivity contribution in [1.29, 1.82) is 11.0 Å². The molecule has 18 heteroatoms. The minimum Gasteiger partial charge on any atom is -0.505 e. The van der Waals surface area contributed by atoms with E-state index in [0.29, 0.717) is 32.0 Å². The second kappa shape index (κ2) is 13.4. The highest BCUT2D eigenvalue weighted by atomic mass is 32.2. The van der Waals surface area contributed by atoms with Crippen molar-refractivity contribution in [2.45, 2.75) is 19.6 Å². The van der Waals surface area contributed by atoms with Crippen LogP contribution in [0.15, 0.2) is 103 Å². The predicted molar refractivity (Wildman–Crippen MR) is 203 cm³/mol. The minimum absolute atomic E-state index is 0.0343. The molecule has 6 aromatic carbocycles. The third-order valence-corrected chi connectivity index (χ3v) is 11.8. The molecule has 14 nitrogen and oxygen atoms in total. The van der Waals surface area contributed by atoms with Crippen LogP contribution in [0.3, 0.4) is 0 Å². The normalized spacial score (nSPS) is 13.0. The summed E-state index contributed by atoms with van der Waals surface area (Å²) in [6, 6.07) is 18.9. The Kier molecular flexibility index (Phi) is 8.72. The Labute approximate surface area is 308 Å². The monoisotopic (exact) mass is 776 g/mol. The van der Waals surface area contributed by atoms with E-state index in [4.69, 9.17) is 14.3 Å². The molecule has 0 spiro atoms. The van der Waals surface area contributed by atoms with Gasteiger partial charge in [0.2, 0.25) is 2.82 Å². The number of nitrogens with zero attached hydrogens (tertiary/aromatic N) is 2. The smallest absolute Gasteiger partial charge is 0.297 e. The number of benzene rings is 6. The molecule has 0 heterocycles. The van der Waals surface area contributed by atoms with Crippen LogP contribution in [-0.4, -0.2) is 48.7 Å². The van der Waals surface area contributed by atoms with E-state index < -0.39 is 52.9 Å². The van der Waals surface area contributed by atoms with Gasteiger partial charge in [-0.15, -0.1) is 23.5 Å². The third kappa shape index (κ3) is 6.08. The first kappa shape index (κ1) is 33.9. The predicted octanol–water partition coefficient (Wildman–Crippen LogP) is 8.83. The lowest BCUT2D eigenvalue weighted by Crippen LogP contribution is -2.04. The number of nitrogens with two attached hydrogens (primary N) is 2. The Balaban J connectivity index is 1.63. The first-order valence-corrected chi connectivity index (χ1v) is 20.1. The number of nitrogens with one attached hydrogen (secondary N) is 2. The molecular formula is C34H28N6O8S4. The number of aromatic hydroxyl groups is 2. The molecule has 0 saturated heterocycles. The largest absolute Gasteiger partial charge is 0.505 e. The quantitative estimate of drug-likeness (QED) is 0.0296. The lowest BCUT2D eigenvalue weighted by molar-refractivity contribution is 0.471. The molecule has 266 valence electrons. The van der Waals surface area contributed by atoms with Crippen LogP contribution in [0, 0.1) is 11.0 Å². The van der Waals surface area contributed by atoms with Crippen LogP contribution in [0.25, 0.3) is 54.9 Å². The van der Waals surface area contributed by atoms with Crippen molar-refractivity contribution in [2.24, 2.45) is 10.2 Å². The Hall–Kier alpha value is -5.24. The summed E-state index contributed by atoms with van der Waals surface area (Å²) in [6.45, 7) is 0. The molecule has 0 atom stereocenters. The molecule has 0 bridgehead atoms. The van der Waals surface area contributed by atoms with Crippen LogP contribution in [0.1, 0.15) is 0 Å². The maximum absolute atomic E-state index is 12.9. The first-order chi connectivity index (χ1) is 25.5. The number of hydrogen-bond donors (Lipinski definition) is 8. The highest BCUT2D eigenvalue weighted by Gasteiger charge is 2.31. The Bertz CT molecular complexity index is 2650. The zero-order valence-electron chi connectivity index (χ0n) is 28.9. The summed E-state index contributed by atoms with van der Waals surface area (Å²) in [5.41, 5.74) is 19.0. The van der Waals surface area contributed by atoms with Gasteiger partial charge < -0.3 is 21.7 Å². The summed E-state index contributed by atoms with van der Waals surface area (Å²) < 4.78 is 87.1. The van der Waals surface area contributed by atoms with Crippen molar-refractivity contribution in [2.75, 3.05) is 24.0 Å². The number of hydrogen-bond acceptors (Lipinski definition) is 14. The zero-order chi connectivity index (χ0) is 39.3. The molecule has 10 N–H and O–H groups in total. The maximum atomic E-state index is 12.9. The Morgan fingerprint density at radius 3 is 1.33 bits per heavy atom. The van der Waals surface area contributed by atoms with Gasteiger partial charge in [0, 0.05) is 43.1 Å². The van der Waals surface area contributed by atoms with Crippen molar-refractivity contribution < 1.29 is 39.0 Å². The van der Waals surface area contributed by atoms with Crippen LogP contribution in [0.5, 0.6) is 11.5 Å². The van der Waals surface area contributed by atoms with Gasteiger partial charge in [0.15, 0.2) is 11.5 Å². The Morgan fingerprint density at radius 2 is 1.00 bits per heavy atom. The topological polar surface area (TPSA) is 274 Å². The summed E-state index contributed by atoms with van der Waals surface area (Å²) in [6.07, 6.45) is 3.50. The van der Waals surface area contributed by atoms with Crippen molar-refractivity contribution in [3.8, 4) is 44.9 Å². The maximum Gasteiger partial charge on any atom is 0.297 e. The van der Waals surface area contributed by atoms with Gasteiger partial charge in [-0.25, -0.2) is 11.0 Å². The van der Waals surface area contributed by atoms with E-state index >= 15 is 0 Å². The number of anilines is 2. The van der Waals surface area contributed by atoms with Gasteiger partial charge in [-0.3, -0.25) is 9.11 Å². The van der Waals surface area contributed by atoms with Gasteiger partial charge in [-0.2, -0.15) is 27.1 Å². The van der Waals surface area contributed by atoms with Gasteiger partial charge in [0.1, 0.15) is 21.2 Å². The van der Waals surface area contributed by atoms with Crippen molar-refractivity contribution in [3.05, 3.63) is 72.8 Å². The Morgan fingerprint density at radius 1 is 0.615 bits per heavy atom. The molecular weight excluding hydrogens is 749 g/mol. The number of phenols is 2. The summed E-state index contributed by atoms with van der Waals surface area (Å²) in [4.78, 5) is -0.498. The zero-order valence-corrected chi connectivity index (χ0v) is 30.2. The second-order valence-electron chi connectivity index (χ2n) is 11.4. The van der Waals surface area contributed by atoms with Crippen LogP contribution < -0.4 is 11.5 Å². The minimum atomic E-state index is -5.09. The van der Waals surface area contributed by atoms with Crippen molar-refractivity contribution >= 4 is 88.1 Å². The molecule has 0 aliphatic rings. The highest BCUT2D eigenvalue weighted by Crippen LogP contribution is 2.52. The van der Waals surface area contributed by atoms with E-state index in [9.17, 15) is 36.2 Å².